The standard InChI is InChI=1S/C17H16N2S/c1-12-8-9-13(2)15(10-12)16-11-19(17(18)20-16)14-6-4-3-5-7-14/h3-11,18H,1-2H3. The summed E-state index contributed by atoms with van der Waals surface area (Å²) in [4.78, 5) is 1.69. The first-order valence-corrected chi connectivity index (χ1v) is 7.37. The van der Waals surface area contributed by atoms with Gasteiger partial charge in [0.15, 0.2) is 4.80 Å². The highest BCUT2D eigenvalue weighted by Gasteiger charge is 2.08. The molecule has 0 atom stereocenters. The summed E-state index contributed by atoms with van der Waals surface area (Å²) in [6.07, 6.45) is 2.06. The van der Waals surface area contributed by atoms with Crippen molar-refractivity contribution < 1.29 is 0 Å². The van der Waals surface area contributed by atoms with E-state index < -0.39 is 0 Å². The summed E-state index contributed by atoms with van der Waals surface area (Å²) in [5.74, 6) is 0. The second-order valence-electron chi connectivity index (χ2n) is 4.92. The number of para-hydroxylation sites is 1. The fraction of sp³-hybridized carbons (Fsp3) is 0.118. The quantitative estimate of drug-likeness (QED) is 0.725. The number of aryl methyl sites for hydroxylation is 2. The van der Waals surface area contributed by atoms with E-state index in [1.807, 2.05) is 34.9 Å². The van der Waals surface area contributed by atoms with E-state index in [1.54, 1.807) is 0 Å². The minimum absolute atomic E-state index is 0.548. The van der Waals surface area contributed by atoms with E-state index in [-0.39, 0.29) is 0 Å². The van der Waals surface area contributed by atoms with Crippen molar-refractivity contribution in [2.45, 2.75) is 13.8 Å². The van der Waals surface area contributed by atoms with Crippen LogP contribution in [0.5, 0.6) is 0 Å². The lowest BCUT2D eigenvalue weighted by Crippen LogP contribution is -2.08. The van der Waals surface area contributed by atoms with E-state index in [0.717, 1.165) is 10.6 Å². The van der Waals surface area contributed by atoms with Crippen LogP contribution in [0.2, 0.25) is 0 Å². The van der Waals surface area contributed by atoms with E-state index in [4.69, 9.17) is 5.41 Å². The van der Waals surface area contributed by atoms with E-state index in [2.05, 4.69) is 38.2 Å². The first kappa shape index (κ1) is 12.9. The van der Waals surface area contributed by atoms with Gasteiger partial charge in [0.1, 0.15) is 0 Å². The van der Waals surface area contributed by atoms with E-state index >= 15 is 0 Å². The van der Waals surface area contributed by atoms with Crippen LogP contribution in [-0.2, 0) is 0 Å². The molecule has 1 aromatic heterocycles. The summed E-state index contributed by atoms with van der Waals surface area (Å²) in [5, 5.41) is 8.18. The van der Waals surface area contributed by atoms with E-state index in [9.17, 15) is 0 Å². The molecule has 20 heavy (non-hydrogen) atoms. The third kappa shape index (κ3) is 2.32. The van der Waals surface area contributed by atoms with E-state index in [0.29, 0.717) is 4.80 Å². The maximum atomic E-state index is 8.18. The number of rotatable bonds is 2. The van der Waals surface area contributed by atoms with Gasteiger partial charge in [-0.3, -0.25) is 9.98 Å². The first-order valence-electron chi connectivity index (χ1n) is 6.55. The molecule has 3 heteroatoms. The summed E-state index contributed by atoms with van der Waals surface area (Å²) in [6, 6.07) is 16.5. The fourth-order valence-corrected chi connectivity index (χ4v) is 3.21. The lowest BCUT2D eigenvalue weighted by molar-refractivity contribution is 0.980. The molecule has 0 unspecified atom stereocenters. The predicted octanol–water partition coefficient (Wildman–Crippen LogP) is 4.30. The Bertz CT molecular complexity index is 797. The second kappa shape index (κ2) is 5.10. The van der Waals surface area contributed by atoms with Crippen molar-refractivity contribution in [2.75, 3.05) is 0 Å². The van der Waals surface area contributed by atoms with Gasteiger partial charge in [0.25, 0.3) is 0 Å². The van der Waals surface area contributed by atoms with Gasteiger partial charge in [0, 0.05) is 11.9 Å². The molecule has 100 valence electrons. The summed E-state index contributed by atoms with van der Waals surface area (Å²) in [6.45, 7) is 4.22. The van der Waals surface area contributed by atoms with Crippen LogP contribution in [0.3, 0.4) is 0 Å². The zero-order chi connectivity index (χ0) is 14.1. The highest BCUT2D eigenvalue weighted by molar-refractivity contribution is 7.12. The predicted molar refractivity (Wildman–Crippen MR) is 84.4 cm³/mol. The molecule has 0 fully saturated rings. The molecular formula is C17H16N2S. The van der Waals surface area contributed by atoms with Crippen molar-refractivity contribution in [3.63, 3.8) is 0 Å². The van der Waals surface area contributed by atoms with Gasteiger partial charge in [-0.25, -0.2) is 0 Å². The van der Waals surface area contributed by atoms with Crippen LogP contribution >= 0.6 is 11.3 Å². The molecule has 3 aromatic rings. The number of nitrogens with one attached hydrogen (secondary N) is 1. The molecule has 0 radical (unpaired) electrons. The third-order valence-corrected chi connectivity index (χ3v) is 4.30. The third-order valence-electron chi connectivity index (χ3n) is 3.36. The SMILES string of the molecule is Cc1ccc(C)c(-c2cn(-c3ccccc3)c(=N)s2)c1. The van der Waals surface area contributed by atoms with Crippen LogP contribution in [0.15, 0.2) is 54.7 Å². The van der Waals surface area contributed by atoms with Crippen LogP contribution in [0.4, 0.5) is 0 Å². The average Bonchev–Trinajstić information content (AvgIpc) is 2.84. The molecule has 0 aliphatic heterocycles. The van der Waals surface area contributed by atoms with Crippen molar-refractivity contribution >= 4 is 11.3 Å². The monoisotopic (exact) mass is 280 g/mol. The van der Waals surface area contributed by atoms with Crippen LogP contribution in [0.25, 0.3) is 16.1 Å². The molecule has 0 spiro atoms. The molecule has 3 rings (SSSR count). The topological polar surface area (TPSA) is 28.8 Å². The Kier molecular flexibility index (Phi) is 3.28. The van der Waals surface area contributed by atoms with Gasteiger partial charge in [-0.2, -0.15) is 0 Å². The molecule has 2 aromatic carbocycles. The molecule has 0 saturated carbocycles. The van der Waals surface area contributed by atoms with Gasteiger partial charge in [0.05, 0.1) is 4.88 Å². The molecule has 1 N–H and O–H groups in total. The fourth-order valence-electron chi connectivity index (χ4n) is 2.26. The Morgan fingerprint density at radius 1 is 1.00 bits per heavy atom. The molecule has 2 nitrogen and oxygen atoms in total. The Labute approximate surface area is 122 Å². The molecular weight excluding hydrogens is 264 g/mol. The van der Waals surface area contributed by atoms with Crippen LogP contribution in [0, 0.1) is 19.3 Å². The van der Waals surface area contributed by atoms with Crippen LogP contribution < -0.4 is 4.80 Å². The van der Waals surface area contributed by atoms with Crippen LogP contribution in [-0.4, -0.2) is 4.57 Å². The first-order chi connectivity index (χ1) is 9.65. The Morgan fingerprint density at radius 2 is 1.75 bits per heavy atom. The lowest BCUT2D eigenvalue weighted by atomic mass is 10.1. The molecule has 0 saturated heterocycles. The Hall–Kier alpha value is -2.13. The Balaban J connectivity index is 2.14. The number of benzene rings is 2. The van der Waals surface area contributed by atoms with Crippen molar-refractivity contribution in [3.8, 4) is 16.1 Å². The van der Waals surface area contributed by atoms with Gasteiger partial charge in [-0.15, -0.1) is 0 Å². The van der Waals surface area contributed by atoms with Gasteiger partial charge in [0.2, 0.25) is 0 Å². The van der Waals surface area contributed by atoms with Gasteiger partial charge in [-0.1, -0.05) is 53.3 Å². The highest BCUT2D eigenvalue weighted by Crippen LogP contribution is 2.27. The number of nitrogens with zero attached hydrogens (tertiary/aromatic N) is 1. The zero-order valence-corrected chi connectivity index (χ0v) is 12.4. The Morgan fingerprint density at radius 3 is 2.50 bits per heavy atom. The van der Waals surface area contributed by atoms with Crippen molar-refractivity contribution in [2.24, 2.45) is 0 Å². The van der Waals surface area contributed by atoms with Gasteiger partial charge < -0.3 is 0 Å². The zero-order valence-electron chi connectivity index (χ0n) is 11.6. The minimum atomic E-state index is 0.548. The number of hydrogen-bond acceptors (Lipinski definition) is 2. The summed E-state index contributed by atoms with van der Waals surface area (Å²) in [7, 11) is 0. The smallest absolute Gasteiger partial charge is 0.187 e. The average molecular weight is 280 g/mol. The second-order valence-corrected chi connectivity index (χ2v) is 5.96. The summed E-state index contributed by atoms with van der Waals surface area (Å²) >= 11 is 1.51. The normalized spacial score (nSPS) is 10.7. The molecule has 0 amide bonds. The summed E-state index contributed by atoms with van der Waals surface area (Å²) < 4.78 is 1.93. The lowest BCUT2D eigenvalue weighted by Gasteiger charge is -2.04. The summed E-state index contributed by atoms with van der Waals surface area (Å²) in [5.41, 5.74) is 4.75. The highest BCUT2D eigenvalue weighted by atomic mass is 32.1. The number of hydrogen-bond donors (Lipinski definition) is 1. The number of aromatic nitrogens is 1. The number of thiazole rings is 1. The maximum Gasteiger partial charge on any atom is 0.187 e. The molecule has 1 heterocycles. The molecule has 0 aliphatic rings. The van der Waals surface area contributed by atoms with Gasteiger partial charge >= 0.3 is 0 Å². The largest absolute Gasteiger partial charge is 0.292 e. The van der Waals surface area contributed by atoms with E-state index in [1.165, 1.54) is 28.0 Å². The van der Waals surface area contributed by atoms with Gasteiger partial charge in [-0.05, 0) is 37.1 Å². The van der Waals surface area contributed by atoms with Crippen molar-refractivity contribution in [1.82, 2.24) is 4.57 Å². The van der Waals surface area contributed by atoms with Crippen molar-refractivity contribution in [1.29, 1.82) is 5.41 Å². The maximum absolute atomic E-state index is 8.18. The van der Waals surface area contributed by atoms with Crippen molar-refractivity contribution in [3.05, 3.63) is 70.7 Å². The van der Waals surface area contributed by atoms with Crippen LogP contribution in [0.1, 0.15) is 11.1 Å². The minimum Gasteiger partial charge on any atom is -0.292 e. The molecule has 0 bridgehead atoms. The molecule has 0 aliphatic carbocycles.